The summed E-state index contributed by atoms with van der Waals surface area (Å²) in [6.07, 6.45) is 76.5. The quantitative estimate of drug-likeness (QED) is 0.0146. The zero-order valence-corrected chi connectivity index (χ0v) is 58.0. The van der Waals surface area contributed by atoms with Crippen molar-refractivity contribution in [2.75, 3.05) is 39.6 Å². The maximum absolute atomic E-state index is 12.9. The summed E-state index contributed by atoms with van der Waals surface area (Å²) in [4.78, 5) is 58.4. The molecule has 0 radical (unpaired) electrons. The summed E-state index contributed by atoms with van der Waals surface area (Å²) in [6, 6.07) is 0. The number of rotatable bonds is 64. The highest BCUT2D eigenvalue weighted by Gasteiger charge is 2.29. The number of hydrogen-bond donors (Lipinski definition) is 4. The molecule has 0 rings (SSSR count). The van der Waals surface area contributed by atoms with Crippen LogP contribution in [0.3, 0.4) is 0 Å². The number of allylic oxidation sites excluding steroid dienone is 22. The van der Waals surface area contributed by atoms with Gasteiger partial charge in [0.2, 0.25) is 0 Å². The van der Waals surface area contributed by atoms with Gasteiger partial charge in [-0.1, -0.05) is 238 Å². The van der Waals surface area contributed by atoms with Gasteiger partial charge in [-0.2, -0.15) is 0 Å². The molecule has 0 aliphatic rings. The van der Waals surface area contributed by atoms with E-state index in [0.717, 1.165) is 148 Å². The van der Waals surface area contributed by atoms with E-state index in [-0.39, 0.29) is 19.3 Å². The van der Waals surface area contributed by atoms with Crippen LogP contribution in [0.2, 0.25) is 0 Å². The lowest BCUT2D eigenvalue weighted by molar-refractivity contribution is -0.161. The third kappa shape index (κ3) is 66.9. The van der Waals surface area contributed by atoms with Crippen molar-refractivity contribution in [1.82, 2.24) is 0 Å². The van der Waals surface area contributed by atoms with Crippen LogP contribution in [0.25, 0.3) is 0 Å². The Hall–Kier alpha value is -4.31. The van der Waals surface area contributed by atoms with E-state index in [9.17, 15) is 43.5 Å². The fraction of sp³-hybridized carbons (Fsp3) is 0.658. The molecule has 18 heteroatoms. The summed E-state index contributed by atoms with van der Waals surface area (Å²) in [5.41, 5.74) is 0. The molecule has 5 atom stereocenters. The normalized spacial score (nSPS) is 15.0. The molecule has 0 amide bonds. The number of hydrogen-bond acceptors (Lipinski definition) is 14. The first kappa shape index (κ1) is 86.7. The Morgan fingerprint density at radius 2 is 0.593 bits per heavy atom. The summed E-state index contributed by atoms with van der Waals surface area (Å²) < 4.78 is 60.8. The Labute approximate surface area is 550 Å². The van der Waals surface area contributed by atoms with Crippen molar-refractivity contribution in [3.05, 3.63) is 134 Å². The van der Waals surface area contributed by atoms with Gasteiger partial charge in [0.15, 0.2) is 6.10 Å². The van der Waals surface area contributed by atoms with Gasteiger partial charge in [-0.15, -0.1) is 0 Å². The molecule has 0 fully saturated rings. The van der Waals surface area contributed by atoms with Gasteiger partial charge in [0.1, 0.15) is 25.4 Å². The maximum Gasteiger partial charge on any atom is 0.472 e. The molecular weight excluding hydrogens is 1190 g/mol. The number of carbonyl (C=O) groups is 3. The molecule has 0 aliphatic carbocycles. The van der Waals surface area contributed by atoms with Gasteiger partial charge in [-0.25, -0.2) is 9.13 Å². The number of ether oxygens (including phenoxy) is 3. The van der Waals surface area contributed by atoms with Gasteiger partial charge in [-0.05, 0) is 128 Å². The number of aliphatic hydroxyl groups is 2. The highest BCUT2D eigenvalue weighted by atomic mass is 31.2. The smallest absolute Gasteiger partial charge is 0.463 e. The molecule has 0 aromatic rings. The number of phosphoric ester groups is 2. The van der Waals surface area contributed by atoms with Crippen LogP contribution in [-0.4, -0.2) is 95.9 Å². The molecule has 0 aromatic heterocycles. The minimum absolute atomic E-state index is 0.0791. The summed E-state index contributed by atoms with van der Waals surface area (Å²) in [5.74, 6) is -1.67. The van der Waals surface area contributed by atoms with E-state index in [2.05, 4.69) is 142 Å². The van der Waals surface area contributed by atoms with E-state index in [4.69, 9.17) is 32.3 Å². The van der Waals surface area contributed by atoms with Crippen LogP contribution in [0.5, 0.6) is 0 Å². The average Bonchev–Trinajstić information content (AvgIpc) is 3.63. The van der Waals surface area contributed by atoms with E-state index >= 15 is 0 Å². The van der Waals surface area contributed by atoms with Gasteiger partial charge in [-0.3, -0.25) is 32.5 Å². The van der Waals surface area contributed by atoms with Crippen LogP contribution in [0, 0.1) is 0 Å². The molecule has 0 saturated heterocycles. The minimum atomic E-state index is -4.94. The lowest BCUT2D eigenvalue weighted by atomic mass is 10.1. The second-order valence-electron chi connectivity index (χ2n) is 22.6. The Bertz CT molecular complexity index is 2190. The molecule has 520 valence electrons. The number of phosphoric acid groups is 2. The fourth-order valence-corrected chi connectivity index (χ4v) is 10.2. The summed E-state index contributed by atoms with van der Waals surface area (Å²) in [5, 5.41) is 20.6. The van der Waals surface area contributed by atoms with Crippen molar-refractivity contribution < 1.29 is 75.8 Å². The molecule has 0 bridgehead atoms. The topological polar surface area (TPSA) is 231 Å². The molecular formula is C73H122O16P2. The van der Waals surface area contributed by atoms with Gasteiger partial charge < -0.3 is 34.2 Å². The standard InChI is InChI=1S/C73H122O16P2/c1-4-7-10-13-16-19-22-25-28-30-31-32-33-34-35-37-40-41-44-47-50-53-56-59-71(76)83-62-68(74)63-85-90(79,80)86-64-69(75)65-87-91(81,82)88-67-70(89-73(78)61-58-55-52-49-46-43-38-27-24-21-18-15-12-9-6-3)66-84-72(77)60-57-54-51-48-45-42-39-36-29-26-23-20-17-14-11-8-5-2/h7-8,10-11,16-17,19-20,25-29,31-32,34-35,38-39,42,48,51,68-70,74-75H,4-6,9,12-15,18,21-24,30,33,36-37,40-41,43-47,49-50,52-67H2,1-3H3,(H,79,80)(H,81,82)/b10-7-,11-8-,19-16-,20-17-,28-25-,29-26-,32-31-,35-34-,38-27-,42-39-,51-48-. The average molecular weight is 1320 g/mol. The van der Waals surface area contributed by atoms with Crippen molar-refractivity contribution >= 4 is 33.6 Å². The van der Waals surface area contributed by atoms with Crippen molar-refractivity contribution in [2.45, 2.75) is 270 Å². The summed E-state index contributed by atoms with van der Waals surface area (Å²) in [7, 11) is -9.80. The van der Waals surface area contributed by atoms with Crippen LogP contribution >= 0.6 is 15.6 Å². The van der Waals surface area contributed by atoms with Gasteiger partial charge in [0.05, 0.1) is 26.4 Å². The van der Waals surface area contributed by atoms with E-state index in [1.165, 1.54) is 38.5 Å². The maximum atomic E-state index is 12.9. The van der Waals surface area contributed by atoms with Gasteiger partial charge in [0.25, 0.3) is 0 Å². The van der Waals surface area contributed by atoms with E-state index < -0.39 is 91.5 Å². The first-order chi connectivity index (χ1) is 44.2. The third-order valence-electron chi connectivity index (χ3n) is 13.8. The zero-order valence-electron chi connectivity index (χ0n) is 56.2. The molecule has 0 spiro atoms. The van der Waals surface area contributed by atoms with Crippen molar-refractivity contribution in [1.29, 1.82) is 0 Å². The van der Waals surface area contributed by atoms with Crippen LogP contribution < -0.4 is 0 Å². The van der Waals surface area contributed by atoms with Crippen LogP contribution in [0.15, 0.2) is 134 Å². The van der Waals surface area contributed by atoms with Crippen molar-refractivity contribution in [3.8, 4) is 0 Å². The summed E-state index contributed by atoms with van der Waals surface area (Å²) >= 11 is 0. The molecule has 0 aliphatic heterocycles. The number of aliphatic hydroxyl groups excluding tert-OH is 2. The third-order valence-corrected chi connectivity index (χ3v) is 15.7. The Morgan fingerprint density at radius 1 is 0.319 bits per heavy atom. The van der Waals surface area contributed by atoms with Crippen molar-refractivity contribution in [3.63, 3.8) is 0 Å². The lowest BCUT2D eigenvalue weighted by Crippen LogP contribution is -2.30. The highest BCUT2D eigenvalue weighted by Crippen LogP contribution is 2.45. The Morgan fingerprint density at radius 3 is 0.978 bits per heavy atom. The van der Waals surface area contributed by atoms with E-state index in [1.54, 1.807) is 0 Å². The zero-order chi connectivity index (χ0) is 66.7. The molecule has 91 heavy (non-hydrogen) atoms. The van der Waals surface area contributed by atoms with Crippen molar-refractivity contribution in [2.24, 2.45) is 0 Å². The Balaban J connectivity index is 4.69. The molecule has 16 nitrogen and oxygen atoms in total. The number of unbranched alkanes of at least 4 members (excludes halogenated alkanes) is 19. The predicted octanol–water partition coefficient (Wildman–Crippen LogP) is 19.2. The first-order valence-electron chi connectivity index (χ1n) is 34.5. The molecule has 0 aromatic carbocycles. The predicted molar refractivity (Wildman–Crippen MR) is 371 cm³/mol. The molecule has 0 heterocycles. The SMILES string of the molecule is CC/C=C\C/C=C\C/C=C\C/C=C\C/C=C\CCCCCCCCCC(=O)OCC(O)COP(=O)(O)OCC(O)COP(=O)(O)OCC(COC(=O)CCC/C=C\C/C=C\C/C=C\C/C=C\C/C=C\CC)OC(=O)CCCCCCC/C=C\CCCCCCCC. The molecule has 5 unspecified atom stereocenters. The second kappa shape index (κ2) is 65.7. The first-order valence-corrected chi connectivity index (χ1v) is 37.5. The van der Waals surface area contributed by atoms with E-state index in [0.29, 0.717) is 25.7 Å². The minimum Gasteiger partial charge on any atom is -0.463 e. The highest BCUT2D eigenvalue weighted by molar-refractivity contribution is 7.47. The van der Waals surface area contributed by atoms with Crippen LogP contribution in [0.1, 0.15) is 252 Å². The van der Waals surface area contributed by atoms with Crippen LogP contribution in [0.4, 0.5) is 0 Å². The van der Waals surface area contributed by atoms with E-state index in [1.807, 2.05) is 12.2 Å². The van der Waals surface area contributed by atoms with Gasteiger partial charge in [0, 0.05) is 19.3 Å². The Kier molecular flexibility index (Phi) is 62.6. The number of carbonyl (C=O) groups excluding carboxylic acids is 3. The fourth-order valence-electron chi connectivity index (χ4n) is 8.63. The van der Waals surface area contributed by atoms with Crippen LogP contribution in [-0.2, 0) is 55.8 Å². The monoisotopic (exact) mass is 1320 g/mol. The largest absolute Gasteiger partial charge is 0.472 e. The number of esters is 3. The van der Waals surface area contributed by atoms with Gasteiger partial charge >= 0.3 is 33.6 Å². The second-order valence-corrected chi connectivity index (χ2v) is 25.5. The lowest BCUT2D eigenvalue weighted by Gasteiger charge is -2.21. The summed E-state index contributed by atoms with van der Waals surface area (Å²) in [6.45, 7) is 2.33. The molecule has 4 N–H and O–H groups in total. The molecule has 0 saturated carbocycles.